The summed E-state index contributed by atoms with van der Waals surface area (Å²) in [6.07, 6.45) is 1.24. The molecule has 1 aliphatic rings. The van der Waals surface area contributed by atoms with Crippen molar-refractivity contribution < 1.29 is 15.0 Å². The lowest BCUT2D eigenvalue weighted by atomic mass is 9.81. The van der Waals surface area contributed by atoms with E-state index in [9.17, 15) is 9.90 Å². The predicted octanol–water partition coefficient (Wildman–Crippen LogP) is 0.911. The maximum Gasteiger partial charge on any atom is 0.303 e. The van der Waals surface area contributed by atoms with Crippen LogP contribution in [0.4, 0.5) is 0 Å². The Morgan fingerprint density at radius 3 is 2.75 bits per heavy atom. The van der Waals surface area contributed by atoms with Gasteiger partial charge in [-0.3, -0.25) is 4.79 Å². The van der Waals surface area contributed by atoms with Gasteiger partial charge < -0.3 is 15.9 Å². The van der Waals surface area contributed by atoms with Gasteiger partial charge in [-0.05, 0) is 36.6 Å². The number of hydrogen-bond acceptors (Lipinski definition) is 3. The largest absolute Gasteiger partial charge is 0.508 e. The Hall–Kier alpha value is -1.55. The van der Waals surface area contributed by atoms with E-state index in [0.717, 1.165) is 11.1 Å². The van der Waals surface area contributed by atoms with Crippen molar-refractivity contribution in [2.24, 2.45) is 11.1 Å². The van der Waals surface area contributed by atoms with Gasteiger partial charge >= 0.3 is 5.97 Å². The number of benzene rings is 1. The third-order valence-corrected chi connectivity index (χ3v) is 3.32. The Bertz CT molecular complexity index is 430. The molecular weight excluding hydrogens is 206 g/mol. The van der Waals surface area contributed by atoms with Crippen LogP contribution < -0.4 is 5.73 Å². The number of fused-ring (bicyclic) bond motifs is 1. The minimum Gasteiger partial charge on any atom is -0.508 e. The molecule has 0 fully saturated rings. The fourth-order valence-corrected chi connectivity index (χ4v) is 2.49. The van der Waals surface area contributed by atoms with Gasteiger partial charge in [-0.25, -0.2) is 0 Å². The Kier molecular flexibility index (Phi) is 2.59. The molecule has 86 valence electrons. The van der Waals surface area contributed by atoms with Gasteiger partial charge in [0.25, 0.3) is 0 Å². The first-order chi connectivity index (χ1) is 7.56. The van der Waals surface area contributed by atoms with E-state index in [2.05, 4.69) is 0 Å². The quantitative estimate of drug-likeness (QED) is 0.708. The Morgan fingerprint density at radius 1 is 1.44 bits per heavy atom. The minimum atomic E-state index is -0.835. The van der Waals surface area contributed by atoms with Crippen molar-refractivity contribution in [2.75, 3.05) is 6.54 Å². The fraction of sp³-hybridized carbons (Fsp3) is 0.417. The molecular formula is C12H15NO3. The molecule has 1 aliphatic carbocycles. The molecule has 4 N–H and O–H groups in total. The molecule has 0 aliphatic heterocycles. The molecule has 1 aromatic rings. The SMILES string of the molecule is NCC1(CC(=O)O)Cc2cccc(O)c2C1. The zero-order chi connectivity index (χ0) is 11.8. The van der Waals surface area contributed by atoms with E-state index in [4.69, 9.17) is 10.8 Å². The van der Waals surface area contributed by atoms with Crippen LogP contribution in [-0.4, -0.2) is 22.7 Å². The molecule has 0 aromatic heterocycles. The van der Waals surface area contributed by atoms with Crippen LogP contribution in [0.15, 0.2) is 18.2 Å². The highest BCUT2D eigenvalue weighted by Gasteiger charge is 2.39. The van der Waals surface area contributed by atoms with Gasteiger partial charge in [-0.1, -0.05) is 12.1 Å². The van der Waals surface area contributed by atoms with E-state index in [1.54, 1.807) is 12.1 Å². The third-order valence-electron chi connectivity index (χ3n) is 3.32. The second kappa shape index (κ2) is 3.79. The van der Waals surface area contributed by atoms with E-state index in [-0.39, 0.29) is 12.2 Å². The number of aliphatic carboxylic acids is 1. The minimum absolute atomic E-state index is 0.0532. The van der Waals surface area contributed by atoms with E-state index in [1.807, 2.05) is 6.07 Å². The van der Waals surface area contributed by atoms with Crippen molar-refractivity contribution in [1.29, 1.82) is 0 Å². The second-order valence-corrected chi connectivity index (χ2v) is 4.54. The number of carboxylic acid groups (broad SMARTS) is 1. The number of phenols is 1. The lowest BCUT2D eigenvalue weighted by Gasteiger charge is -2.24. The highest BCUT2D eigenvalue weighted by molar-refractivity contribution is 5.68. The smallest absolute Gasteiger partial charge is 0.303 e. The number of rotatable bonds is 3. The van der Waals surface area contributed by atoms with Crippen molar-refractivity contribution in [3.05, 3.63) is 29.3 Å². The molecule has 1 aromatic carbocycles. The molecule has 1 atom stereocenters. The van der Waals surface area contributed by atoms with Gasteiger partial charge in [0.1, 0.15) is 5.75 Å². The van der Waals surface area contributed by atoms with Crippen LogP contribution in [0.1, 0.15) is 17.5 Å². The van der Waals surface area contributed by atoms with Gasteiger partial charge in [0, 0.05) is 5.41 Å². The first-order valence-corrected chi connectivity index (χ1v) is 5.28. The molecule has 0 radical (unpaired) electrons. The fourth-order valence-electron chi connectivity index (χ4n) is 2.49. The molecule has 2 rings (SSSR count). The van der Waals surface area contributed by atoms with Gasteiger partial charge in [0.05, 0.1) is 6.42 Å². The second-order valence-electron chi connectivity index (χ2n) is 4.54. The molecule has 0 saturated heterocycles. The van der Waals surface area contributed by atoms with E-state index < -0.39 is 11.4 Å². The molecule has 4 nitrogen and oxygen atoms in total. The van der Waals surface area contributed by atoms with Crippen LogP contribution in [0.5, 0.6) is 5.75 Å². The molecule has 0 spiro atoms. The van der Waals surface area contributed by atoms with Crippen LogP contribution in [-0.2, 0) is 17.6 Å². The lowest BCUT2D eigenvalue weighted by molar-refractivity contribution is -0.139. The van der Waals surface area contributed by atoms with Crippen molar-refractivity contribution in [2.45, 2.75) is 19.3 Å². The number of phenolic OH excluding ortho intramolecular Hbond substituents is 1. The molecule has 0 heterocycles. The van der Waals surface area contributed by atoms with Crippen molar-refractivity contribution in [3.8, 4) is 5.75 Å². The standard InChI is InChI=1S/C12H15NO3/c13-7-12(6-11(15)16)4-8-2-1-3-10(14)9(8)5-12/h1-3,14H,4-7,13H2,(H,15,16). The number of hydrogen-bond donors (Lipinski definition) is 3. The molecule has 0 saturated carbocycles. The highest BCUT2D eigenvalue weighted by atomic mass is 16.4. The zero-order valence-corrected chi connectivity index (χ0v) is 8.94. The summed E-state index contributed by atoms with van der Waals surface area (Å²) < 4.78 is 0. The zero-order valence-electron chi connectivity index (χ0n) is 8.94. The van der Waals surface area contributed by atoms with Crippen LogP contribution >= 0.6 is 0 Å². The Labute approximate surface area is 93.7 Å². The first kappa shape index (κ1) is 11.0. The maximum atomic E-state index is 10.8. The third kappa shape index (κ3) is 1.76. The van der Waals surface area contributed by atoms with E-state index in [0.29, 0.717) is 19.4 Å². The normalized spacial score (nSPS) is 23.1. The summed E-state index contributed by atoms with van der Waals surface area (Å²) in [7, 11) is 0. The molecule has 16 heavy (non-hydrogen) atoms. The van der Waals surface area contributed by atoms with Gasteiger partial charge in [0.2, 0.25) is 0 Å². The summed E-state index contributed by atoms with van der Waals surface area (Å²) in [5.41, 5.74) is 7.15. The summed E-state index contributed by atoms with van der Waals surface area (Å²) in [5.74, 6) is -0.587. The lowest BCUT2D eigenvalue weighted by Crippen LogP contribution is -2.33. The van der Waals surface area contributed by atoms with E-state index >= 15 is 0 Å². The predicted molar refractivity (Wildman–Crippen MR) is 59.3 cm³/mol. The average molecular weight is 221 g/mol. The molecule has 0 amide bonds. The van der Waals surface area contributed by atoms with Crippen LogP contribution in [0.25, 0.3) is 0 Å². The van der Waals surface area contributed by atoms with Crippen LogP contribution in [0.2, 0.25) is 0 Å². The summed E-state index contributed by atoms with van der Waals surface area (Å²) >= 11 is 0. The highest BCUT2D eigenvalue weighted by Crippen LogP contribution is 2.42. The Balaban J connectivity index is 2.32. The van der Waals surface area contributed by atoms with Crippen LogP contribution in [0.3, 0.4) is 0 Å². The van der Waals surface area contributed by atoms with Gasteiger partial charge in [-0.15, -0.1) is 0 Å². The topological polar surface area (TPSA) is 83.6 Å². The number of carboxylic acids is 1. The molecule has 4 heteroatoms. The monoisotopic (exact) mass is 221 g/mol. The van der Waals surface area contributed by atoms with Crippen molar-refractivity contribution >= 4 is 5.97 Å². The summed E-state index contributed by atoms with van der Waals surface area (Å²) in [6.45, 7) is 0.327. The molecule has 0 bridgehead atoms. The molecule has 1 unspecified atom stereocenters. The number of aromatic hydroxyl groups is 1. The number of nitrogens with two attached hydrogens (primary N) is 1. The summed E-state index contributed by atoms with van der Waals surface area (Å²) in [6, 6.07) is 5.34. The average Bonchev–Trinajstić information content (AvgIpc) is 2.58. The van der Waals surface area contributed by atoms with Gasteiger partial charge in [-0.2, -0.15) is 0 Å². The Morgan fingerprint density at radius 2 is 2.19 bits per heavy atom. The van der Waals surface area contributed by atoms with Gasteiger partial charge in [0.15, 0.2) is 0 Å². The number of carbonyl (C=O) groups is 1. The van der Waals surface area contributed by atoms with E-state index in [1.165, 1.54) is 0 Å². The first-order valence-electron chi connectivity index (χ1n) is 5.28. The van der Waals surface area contributed by atoms with Crippen molar-refractivity contribution in [1.82, 2.24) is 0 Å². The van der Waals surface area contributed by atoms with Crippen molar-refractivity contribution in [3.63, 3.8) is 0 Å². The van der Waals surface area contributed by atoms with Crippen LogP contribution in [0, 0.1) is 5.41 Å². The summed E-state index contributed by atoms with van der Waals surface area (Å²) in [4.78, 5) is 10.8. The summed E-state index contributed by atoms with van der Waals surface area (Å²) in [5, 5.41) is 18.6. The maximum absolute atomic E-state index is 10.8.